The number of anilines is 1. The van der Waals surface area contributed by atoms with E-state index in [0.29, 0.717) is 10.7 Å². The number of nitrogens with one attached hydrogen (secondary N) is 2. The first-order chi connectivity index (χ1) is 16.9. The third kappa shape index (κ3) is 5.98. The van der Waals surface area contributed by atoms with Gasteiger partial charge in [0.1, 0.15) is 0 Å². The van der Waals surface area contributed by atoms with Crippen molar-refractivity contribution >= 4 is 28.3 Å². The number of aliphatic hydroxyl groups excluding tert-OH is 1. The lowest BCUT2D eigenvalue weighted by atomic mass is 9.85. The van der Waals surface area contributed by atoms with Crippen LogP contribution in [-0.2, 0) is 10.2 Å². The molecule has 178 valence electrons. The maximum absolute atomic E-state index is 12.5. The molecule has 0 unspecified atom stereocenters. The van der Waals surface area contributed by atoms with Crippen LogP contribution in [-0.4, -0.2) is 40.0 Å². The first-order valence-electron chi connectivity index (χ1n) is 11.1. The van der Waals surface area contributed by atoms with Crippen molar-refractivity contribution in [3.05, 3.63) is 89.6 Å². The molecule has 4 rings (SSSR count). The fourth-order valence-corrected chi connectivity index (χ4v) is 4.20. The van der Waals surface area contributed by atoms with Crippen molar-refractivity contribution in [2.75, 3.05) is 18.5 Å². The van der Waals surface area contributed by atoms with E-state index < -0.39 is 5.41 Å². The van der Waals surface area contributed by atoms with Gasteiger partial charge in [0.15, 0.2) is 5.13 Å². The molecular weight excluding hydrogens is 460 g/mol. The normalized spacial score (nSPS) is 11.2. The Kier molecular flexibility index (Phi) is 7.33. The molecule has 0 fully saturated rings. The minimum absolute atomic E-state index is 0.0374. The van der Waals surface area contributed by atoms with Crippen LogP contribution in [0.3, 0.4) is 0 Å². The van der Waals surface area contributed by atoms with Gasteiger partial charge >= 0.3 is 0 Å². The molecule has 0 bridgehead atoms. The number of aromatic nitrogens is 2. The van der Waals surface area contributed by atoms with Gasteiger partial charge in [-0.25, -0.2) is 4.98 Å². The fourth-order valence-electron chi connectivity index (χ4n) is 3.46. The number of nitrogens with zero attached hydrogens (tertiary/aromatic N) is 2. The highest BCUT2D eigenvalue weighted by Crippen LogP contribution is 2.28. The van der Waals surface area contributed by atoms with E-state index in [-0.39, 0.29) is 25.0 Å². The maximum atomic E-state index is 12.5. The molecule has 0 saturated heterocycles. The molecule has 2 aromatic carbocycles. The van der Waals surface area contributed by atoms with Crippen LogP contribution in [0, 0.1) is 0 Å². The summed E-state index contributed by atoms with van der Waals surface area (Å²) in [6.07, 6.45) is 3.51. The Labute approximate surface area is 207 Å². The summed E-state index contributed by atoms with van der Waals surface area (Å²) in [7, 11) is 0. The van der Waals surface area contributed by atoms with Crippen LogP contribution in [0.5, 0.6) is 0 Å². The fraction of sp³-hybridized carbons (Fsp3) is 0.185. The molecule has 0 aliphatic heterocycles. The van der Waals surface area contributed by atoms with Gasteiger partial charge in [-0.3, -0.25) is 14.6 Å². The zero-order valence-electron chi connectivity index (χ0n) is 19.5. The van der Waals surface area contributed by atoms with Crippen molar-refractivity contribution in [2.45, 2.75) is 19.3 Å². The Morgan fingerprint density at radius 3 is 2.49 bits per heavy atom. The van der Waals surface area contributed by atoms with Crippen LogP contribution < -0.4 is 10.6 Å². The van der Waals surface area contributed by atoms with Gasteiger partial charge in [-0.1, -0.05) is 44.2 Å². The van der Waals surface area contributed by atoms with Crippen molar-refractivity contribution in [1.29, 1.82) is 0 Å². The summed E-state index contributed by atoms with van der Waals surface area (Å²) >= 11 is 1.32. The van der Waals surface area contributed by atoms with Gasteiger partial charge in [0, 0.05) is 34.3 Å². The Hall–Kier alpha value is -3.88. The second-order valence-electron chi connectivity index (χ2n) is 8.71. The van der Waals surface area contributed by atoms with E-state index in [4.69, 9.17) is 0 Å². The number of amides is 2. The topological polar surface area (TPSA) is 104 Å². The Morgan fingerprint density at radius 1 is 0.971 bits per heavy atom. The summed E-state index contributed by atoms with van der Waals surface area (Å²) in [5.41, 5.74) is 4.63. The molecule has 8 heteroatoms. The van der Waals surface area contributed by atoms with E-state index in [1.807, 2.05) is 61.7 Å². The molecule has 4 aromatic rings. The third-order valence-electron chi connectivity index (χ3n) is 5.63. The summed E-state index contributed by atoms with van der Waals surface area (Å²) in [5.74, 6) is -0.722. The van der Waals surface area contributed by atoms with Crippen molar-refractivity contribution in [2.24, 2.45) is 0 Å². The standard InChI is InChI=1S/C27H26N4O3S/c1-27(2,17-32)22-8-4-7-21(14-22)25(34)29-15-24(33)31-26-30-23(16-35-26)20-6-3-5-19(13-20)18-9-11-28-12-10-18/h3-14,16,32H,15,17H2,1-2H3,(H,29,34)(H,30,31,33). The number of benzene rings is 2. The summed E-state index contributed by atoms with van der Waals surface area (Å²) in [6.45, 7) is 3.58. The quantitative estimate of drug-likeness (QED) is 0.340. The number of carbonyl (C=O) groups excluding carboxylic acids is 2. The SMILES string of the molecule is CC(C)(CO)c1cccc(C(=O)NCC(=O)Nc2nc(-c3cccc(-c4ccncc4)c3)cs2)c1. The zero-order valence-corrected chi connectivity index (χ0v) is 20.3. The lowest BCUT2D eigenvalue weighted by Gasteiger charge is -2.22. The number of pyridine rings is 1. The van der Waals surface area contributed by atoms with Gasteiger partial charge in [0.25, 0.3) is 5.91 Å². The van der Waals surface area contributed by atoms with Crippen molar-refractivity contribution < 1.29 is 14.7 Å². The van der Waals surface area contributed by atoms with E-state index in [0.717, 1.165) is 27.9 Å². The second-order valence-corrected chi connectivity index (χ2v) is 9.57. The van der Waals surface area contributed by atoms with Crippen molar-refractivity contribution in [3.63, 3.8) is 0 Å². The van der Waals surface area contributed by atoms with Gasteiger partial charge in [-0.2, -0.15) is 0 Å². The van der Waals surface area contributed by atoms with E-state index in [1.165, 1.54) is 11.3 Å². The van der Waals surface area contributed by atoms with Crippen LogP contribution in [0.15, 0.2) is 78.4 Å². The molecule has 0 aliphatic rings. The zero-order chi connectivity index (χ0) is 24.8. The van der Waals surface area contributed by atoms with Gasteiger partial charge in [-0.05, 0) is 47.0 Å². The van der Waals surface area contributed by atoms with Crippen LogP contribution in [0.2, 0.25) is 0 Å². The third-order valence-corrected chi connectivity index (χ3v) is 6.39. The lowest BCUT2D eigenvalue weighted by molar-refractivity contribution is -0.115. The lowest BCUT2D eigenvalue weighted by Crippen LogP contribution is -2.33. The van der Waals surface area contributed by atoms with Gasteiger partial charge in [0.2, 0.25) is 5.91 Å². The highest BCUT2D eigenvalue weighted by molar-refractivity contribution is 7.14. The monoisotopic (exact) mass is 486 g/mol. The molecule has 7 nitrogen and oxygen atoms in total. The summed E-state index contributed by atoms with van der Waals surface area (Å²) in [6, 6.07) is 18.9. The largest absolute Gasteiger partial charge is 0.395 e. The number of thiazole rings is 1. The van der Waals surface area contributed by atoms with Crippen LogP contribution in [0.4, 0.5) is 5.13 Å². The van der Waals surface area contributed by atoms with Crippen molar-refractivity contribution in [3.8, 4) is 22.4 Å². The first-order valence-corrected chi connectivity index (χ1v) is 12.0. The number of rotatable bonds is 8. The van der Waals surface area contributed by atoms with E-state index in [1.54, 1.807) is 30.6 Å². The molecule has 0 saturated carbocycles. The van der Waals surface area contributed by atoms with Crippen LogP contribution in [0.1, 0.15) is 29.8 Å². The molecule has 0 radical (unpaired) electrons. The maximum Gasteiger partial charge on any atom is 0.251 e. The van der Waals surface area contributed by atoms with Gasteiger partial charge < -0.3 is 15.7 Å². The molecule has 2 heterocycles. The molecule has 0 spiro atoms. The highest BCUT2D eigenvalue weighted by Gasteiger charge is 2.20. The highest BCUT2D eigenvalue weighted by atomic mass is 32.1. The minimum Gasteiger partial charge on any atom is -0.395 e. The first kappa shape index (κ1) is 24.3. The minimum atomic E-state index is -0.464. The number of hydrogen-bond acceptors (Lipinski definition) is 6. The Bertz CT molecular complexity index is 1340. The predicted octanol–water partition coefficient (Wildman–Crippen LogP) is 4.51. The Morgan fingerprint density at radius 2 is 1.71 bits per heavy atom. The average molecular weight is 487 g/mol. The summed E-state index contributed by atoms with van der Waals surface area (Å²) < 4.78 is 0. The van der Waals surface area contributed by atoms with E-state index in [2.05, 4.69) is 20.6 Å². The molecule has 2 aromatic heterocycles. The molecule has 0 atom stereocenters. The predicted molar refractivity (Wildman–Crippen MR) is 138 cm³/mol. The number of aliphatic hydroxyl groups is 1. The van der Waals surface area contributed by atoms with Crippen LogP contribution in [0.25, 0.3) is 22.4 Å². The molecular formula is C27H26N4O3S. The number of hydrogen-bond donors (Lipinski definition) is 3. The van der Waals surface area contributed by atoms with E-state index in [9.17, 15) is 14.7 Å². The van der Waals surface area contributed by atoms with Gasteiger partial charge in [0.05, 0.1) is 18.8 Å². The van der Waals surface area contributed by atoms with E-state index >= 15 is 0 Å². The summed E-state index contributed by atoms with van der Waals surface area (Å²) in [5, 5.41) is 17.3. The number of carbonyl (C=O) groups is 2. The smallest absolute Gasteiger partial charge is 0.251 e. The average Bonchev–Trinajstić information content (AvgIpc) is 3.36. The molecule has 2 amide bonds. The van der Waals surface area contributed by atoms with Crippen molar-refractivity contribution in [1.82, 2.24) is 15.3 Å². The van der Waals surface area contributed by atoms with Crippen LogP contribution >= 0.6 is 11.3 Å². The Balaban J connectivity index is 1.36. The molecule has 0 aliphatic carbocycles. The van der Waals surface area contributed by atoms with Gasteiger partial charge in [-0.15, -0.1) is 11.3 Å². The molecule has 35 heavy (non-hydrogen) atoms. The second kappa shape index (κ2) is 10.6. The summed E-state index contributed by atoms with van der Waals surface area (Å²) in [4.78, 5) is 33.5. The molecule has 3 N–H and O–H groups in total.